The number of rotatable bonds is 5. The van der Waals surface area contributed by atoms with Crippen molar-refractivity contribution < 1.29 is 19.4 Å². The van der Waals surface area contributed by atoms with Crippen molar-refractivity contribution in [3.63, 3.8) is 0 Å². The molecule has 0 aliphatic carbocycles. The molecular weight excluding hydrogens is 380 g/mol. The number of aromatic hydroxyl groups is 1. The molecule has 0 bridgehead atoms. The fourth-order valence-electron chi connectivity index (χ4n) is 3.65. The summed E-state index contributed by atoms with van der Waals surface area (Å²) in [5.41, 5.74) is 3.40. The fourth-order valence-corrected chi connectivity index (χ4v) is 3.65. The number of hydrogen-bond donors (Lipinski definition) is 2. The number of carbonyl (C=O) groups excluding carboxylic acids is 2. The minimum Gasteiger partial charge on any atom is -0.494 e. The zero-order valence-electron chi connectivity index (χ0n) is 16.6. The van der Waals surface area contributed by atoms with Gasteiger partial charge in [-0.15, -0.1) is 0 Å². The molecule has 0 saturated carbocycles. The molecule has 2 heterocycles. The van der Waals surface area contributed by atoms with Crippen LogP contribution in [0.15, 0.2) is 71.2 Å². The predicted molar refractivity (Wildman–Crippen MR) is 114 cm³/mol. The molecule has 150 valence electrons. The van der Waals surface area contributed by atoms with Gasteiger partial charge < -0.3 is 14.8 Å². The van der Waals surface area contributed by atoms with Gasteiger partial charge in [-0.25, -0.2) is 9.79 Å². The molecule has 1 aromatic heterocycles. The minimum absolute atomic E-state index is 0.0423. The molecule has 2 N–H and O–H groups in total. The van der Waals surface area contributed by atoms with Gasteiger partial charge >= 0.3 is 5.97 Å². The number of esters is 1. The Bertz CT molecular complexity index is 1190. The zero-order chi connectivity index (χ0) is 21.3. The zero-order valence-corrected chi connectivity index (χ0v) is 16.6. The van der Waals surface area contributed by atoms with E-state index in [0.717, 1.165) is 5.56 Å². The van der Waals surface area contributed by atoms with Gasteiger partial charge in [-0.3, -0.25) is 4.79 Å². The second-order valence-electron chi connectivity index (χ2n) is 6.82. The molecule has 0 fully saturated rings. The van der Waals surface area contributed by atoms with Crippen molar-refractivity contribution in [2.24, 2.45) is 4.99 Å². The molecule has 1 aliphatic rings. The number of amides is 1. The number of nitrogens with one attached hydrogen (secondary N) is 1. The number of nitrogens with zero attached hydrogens (tertiary/aromatic N) is 1. The van der Waals surface area contributed by atoms with Gasteiger partial charge in [0.05, 0.1) is 34.7 Å². The van der Waals surface area contributed by atoms with Gasteiger partial charge in [0.25, 0.3) is 5.91 Å². The maximum atomic E-state index is 12.9. The lowest BCUT2D eigenvalue weighted by molar-refractivity contribution is -0.137. The van der Waals surface area contributed by atoms with E-state index in [0.29, 0.717) is 16.8 Å². The summed E-state index contributed by atoms with van der Waals surface area (Å²) >= 11 is 0. The first-order valence-electron chi connectivity index (χ1n) is 9.60. The lowest BCUT2D eigenvalue weighted by Crippen LogP contribution is -2.16. The third-order valence-electron chi connectivity index (χ3n) is 4.98. The van der Waals surface area contributed by atoms with E-state index in [-0.39, 0.29) is 34.9 Å². The van der Waals surface area contributed by atoms with Gasteiger partial charge in [-0.1, -0.05) is 60.7 Å². The molecular formula is C24H20N2O4. The molecule has 0 radical (unpaired) electrons. The molecule has 30 heavy (non-hydrogen) atoms. The van der Waals surface area contributed by atoms with Crippen LogP contribution in [0.5, 0.6) is 5.88 Å². The van der Waals surface area contributed by atoms with Crippen LogP contribution in [0, 0.1) is 6.92 Å². The molecule has 1 aliphatic heterocycles. The van der Waals surface area contributed by atoms with Crippen LogP contribution in [0.25, 0.3) is 16.8 Å². The van der Waals surface area contributed by atoms with Gasteiger partial charge in [0.15, 0.2) is 5.88 Å². The number of hydrogen-bond acceptors (Lipinski definition) is 4. The van der Waals surface area contributed by atoms with Crippen LogP contribution in [-0.4, -0.2) is 34.3 Å². The second-order valence-corrected chi connectivity index (χ2v) is 6.82. The Morgan fingerprint density at radius 3 is 2.23 bits per heavy atom. The number of benzene rings is 2. The number of carbonyl (C=O) groups is 2. The van der Waals surface area contributed by atoms with Gasteiger partial charge in [0.1, 0.15) is 0 Å². The van der Waals surface area contributed by atoms with Gasteiger partial charge in [-0.2, -0.15) is 0 Å². The normalized spacial score (nSPS) is 13.5. The van der Waals surface area contributed by atoms with E-state index in [1.165, 1.54) is 0 Å². The quantitative estimate of drug-likeness (QED) is 0.632. The molecule has 0 unspecified atom stereocenters. The third kappa shape index (κ3) is 3.22. The smallest absolute Gasteiger partial charge is 0.341 e. The van der Waals surface area contributed by atoms with Crippen molar-refractivity contribution in [3.8, 4) is 17.1 Å². The van der Waals surface area contributed by atoms with Gasteiger partial charge in [-0.05, 0) is 25.0 Å². The van der Waals surface area contributed by atoms with Crippen molar-refractivity contribution in [3.05, 3.63) is 82.9 Å². The Labute approximate surface area is 173 Å². The predicted octanol–water partition coefficient (Wildman–Crippen LogP) is 4.04. The standard InChI is InChI=1S/C24H20N2O4/c1-3-30-24(29)19-18(23(28)26-21(19)16-12-8-5-9-13-16)17-14(2)20(25-22(17)27)15-10-6-4-7-11-15/h4-13,25,27H,3H2,1-2H3. The van der Waals surface area contributed by atoms with Crippen LogP contribution in [0.3, 0.4) is 0 Å². The summed E-state index contributed by atoms with van der Waals surface area (Å²) < 4.78 is 5.23. The highest BCUT2D eigenvalue weighted by Crippen LogP contribution is 2.40. The lowest BCUT2D eigenvalue weighted by atomic mass is 9.93. The molecule has 0 atom stereocenters. The van der Waals surface area contributed by atoms with Crippen molar-refractivity contribution in [2.75, 3.05) is 6.61 Å². The summed E-state index contributed by atoms with van der Waals surface area (Å²) in [6, 6.07) is 18.4. The van der Waals surface area contributed by atoms with Crippen LogP contribution in [0.4, 0.5) is 0 Å². The average molecular weight is 400 g/mol. The topological polar surface area (TPSA) is 91.8 Å². The van der Waals surface area contributed by atoms with E-state index < -0.39 is 11.9 Å². The summed E-state index contributed by atoms with van der Waals surface area (Å²) in [7, 11) is 0. The van der Waals surface area contributed by atoms with Crippen LogP contribution >= 0.6 is 0 Å². The van der Waals surface area contributed by atoms with Crippen LogP contribution in [0.2, 0.25) is 0 Å². The summed E-state index contributed by atoms with van der Waals surface area (Å²) in [4.78, 5) is 32.9. The number of ether oxygens (including phenoxy) is 1. The molecule has 0 saturated heterocycles. The van der Waals surface area contributed by atoms with E-state index in [1.54, 1.807) is 38.1 Å². The number of H-pyrrole nitrogens is 1. The van der Waals surface area contributed by atoms with Crippen LogP contribution in [-0.2, 0) is 14.3 Å². The van der Waals surface area contributed by atoms with Crippen LogP contribution < -0.4 is 0 Å². The Morgan fingerprint density at radius 1 is 1.03 bits per heavy atom. The Hall–Kier alpha value is -3.93. The Morgan fingerprint density at radius 2 is 1.63 bits per heavy atom. The van der Waals surface area contributed by atoms with Crippen molar-refractivity contribution in [1.82, 2.24) is 4.98 Å². The van der Waals surface area contributed by atoms with E-state index in [9.17, 15) is 14.7 Å². The highest BCUT2D eigenvalue weighted by Gasteiger charge is 2.37. The van der Waals surface area contributed by atoms with E-state index in [4.69, 9.17) is 4.74 Å². The number of aliphatic imine (C=N–C) groups is 1. The first-order chi connectivity index (χ1) is 14.5. The van der Waals surface area contributed by atoms with Crippen molar-refractivity contribution >= 4 is 23.2 Å². The Kier molecular flexibility index (Phi) is 5.06. The maximum Gasteiger partial charge on any atom is 0.341 e. The highest BCUT2D eigenvalue weighted by molar-refractivity contribution is 6.46. The highest BCUT2D eigenvalue weighted by atomic mass is 16.5. The first-order valence-corrected chi connectivity index (χ1v) is 9.60. The molecule has 6 nitrogen and oxygen atoms in total. The Balaban J connectivity index is 1.94. The maximum absolute atomic E-state index is 12.9. The first kappa shape index (κ1) is 19.4. The minimum atomic E-state index is -0.651. The van der Waals surface area contributed by atoms with E-state index in [2.05, 4.69) is 9.98 Å². The van der Waals surface area contributed by atoms with Crippen molar-refractivity contribution in [2.45, 2.75) is 13.8 Å². The third-order valence-corrected chi connectivity index (χ3v) is 4.98. The molecule has 0 spiro atoms. The summed E-state index contributed by atoms with van der Waals surface area (Å²) in [5, 5.41) is 10.7. The SMILES string of the molecule is CCOC(=O)C1=C(c2c(O)[nH]c(-c3ccccc3)c2C)C(=O)N=C1c1ccccc1. The van der Waals surface area contributed by atoms with Crippen molar-refractivity contribution in [1.29, 1.82) is 0 Å². The monoisotopic (exact) mass is 400 g/mol. The molecule has 1 amide bonds. The summed E-state index contributed by atoms with van der Waals surface area (Å²) in [5.74, 6) is -1.43. The molecule has 3 aromatic rings. The van der Waals surface area contributed by atoms with Gasteiger partial charge in [0, 0.05) is 5.56 Å². The largest absolute Gasteiger partial charge is 0.494 e. The fraction of sp³-hybridized carbons (Fsp3) is 0.125. The average Bonchev–Trinajstić information content (AvgIpc) is 3.25. The van der Waals surface area contributed by atoms with Crippen LogP contribution in [0.1, 0.15) is 23.6 Å². The lowest BCUT2D eigenvalue weighted by Gasteiger charge is -2.09. The second kappa shape index (κ2) is 7.83. The summed E-state index contributed by atoms with van der Waals surface area (Å²) in [6.07, 6.45) is 0. The van der Waals surface area contributed by atoms with E-state index in [1.807, 2.05) is 36.4 Å². The number of aromatic nitrogens is 1. The van der Waals surface area contributed by atoms with Gasteiger partial charge in [0.2, 0.25) is 0 Å². The summed E-state index contributed by atoms with van der Waals surface area (Å²) in [6.45, 7) is 3.64. The molecule has 4 rings (SSSR count). The number of aromatic amines is 1. The van der Waals surface area contributed by atoms with E-state index >= 15 is 0 Å². The molecule has 2 aromatic carbocycles. The molecule has 6 heteroatoms.